The molecule has 0 bridgehead atoms. The van der Waals surface area contributed by atoms with Crippen LogP contribution in [0.2, 0.25) is 0 Å². The topological polar surface area (TPSA) is 17.1 Å². The standard InChI is InChI=1S/C11H10F2O/c1-6-4-8(6)11(14)7-2-3-9(12)10(13)5-7/h2-3,5-6,8H,4H2,1H3. The van der Waals surface area contributed by atoms with Gasteiger partial charge in [-0.1, -0.05) is 6.92 Å². The molecule has 2 unspecified atom stereocenters. The van der Waals surface area contributed by atoms with E-state index in [2.05, 4.69) is 0 Å². The van der Waals surface area contributed by atoms with Crippen molar-refractivity contribution in [2.45, 2.75) is 13.3 Å². The highest BCUT2D eigenvalue weighted by Crippen LogP contribution is 2.40. The minimum atomic E-state index is -0.954. The number of carbonyl (C=O) groups is 1. The third-order valence-electron chi connectivity index (χ3n) is 2.65. The molecule has 1 aromatic rings. The molecule has 2 rings (SSSR count). The summed E-state index contributed by atoms with van der Waals surface area (Å²) in [4.78, 5) is 11.6. The maximum absolute atomic E-state index is 12.8. The van der Waals surface area contributed by atoms with E-state index in [4.69, 9.17) is 0 Å². The Balaban J connectivity index is 2.24. The summed E-state index contributed by atoms with van der Waals surface area (Å²) in [6, 6.07) is 3.31. The molecule has 0 saturated heterocycles. The summed E-state index contributed by atoms with van der Waals surface area (Å²) >= 11 is 0. The van der Waals surface area contributed by atoms with Crippen molar-refractivity contribution in [2.75, 3.05) is 0 Å². The summed E-state index contributed by atoms with van der Waals surface area (Å²) < 4.78 is 25.4. The van der Waals surface area contributed by atoms with Crippen LogP contribution < -0.4 is 0 Å². The van der Waals surface area contributed by atoms with Gasteiger partial charge in [-0.05, 0) is 30.5 Å². The second-order valence-electron chi connectivity index (χ2n) is 3.81. The van der Waals surface area contributed by atoms with Crippen molar-refractivity contribution in [1.82, 2.24) is 0 Å². The molecule has 0 aromatic heterocycles. The zero-order valence-electron chi connectivity index (χ0n) is 7.76. The zero-order valence-corrected chi connectivity index (χ0v) is 7.76. The Morgan fingerprint density at radius 3 is 2.50 bits per heavy atom. The minimum Gasteiger partial charge on any atom is -0.294 e. The van der Waals surface area contributed by atoms with Gasteiger partial charge in [-0.15, -0.1) is 0 Å². The third kappa shape index (κ3) is 1.54. The van der Waals surface area contributed by atoms with Gasteiger partial charge in [0.2, 0.25) is 0 Å². The molecule has 0 heterocycles. The smallest absolute Gasteiger partial charge is 0.166 e. The first kappa shape index (κ1) is 9.31. The Hall–Kier alpha value is -1.25. The molecule has 0 spiro atoms. The fourth-order valence-electron chi connectivity index (χ4n) is 1.55. The summed E-state index contributed by atoms with van der Waals surface area (Å²) in [5.41, 5.74) is 0.276. The van der Waals surface area contributed by atoms with E-state index < -0.39 is 11.6 Å². The highest BCUT2D eigenvalue weighted by atomic mass is 19.2. The van der Waals surface area contributed by atoms with Crippen LogP contribution in [0.25, 0.3) is 0 Å². The molecule has 1 saturated carbocycles. The van der Waals surface area contributed by atoms with Gasteiger partial charge in [0.25, 0.3) is 0 Å². The number of rotatable bonds is 2. The number of hydrogen-bond acceptors (Lipinski definition) is 1. The van der Waals surface area contributed by atoms with Crippen LogP contribution >= 0.6 is 0 Å². The van der Waals surface area contributed by atoms with Crippen LogP contribution in [0.5, 0.6) is 0 Å². The van der Waals surface area contributed by atoms with Gasteiger partial charge < -0.3 is 0 Å². The highest BCUT2D eigenvalue weighted by Gasteiger charge is 2.39. The van der Waals surface area contributed by atoms with Crippen molar-refractivity contribution in [1.29, 1.82) is 0 Å². The van der Waals surface area contributed by atoms with Crippen molar-refractivity contribution >= 4 is 5.78 Å². The molecule has 3 heteroatoms. The number of carbonyl (C=O) groups excluding carboxylic acids is 1. The molecule has 0 amide bonds. The molecule has 1 aliphatic carbocycles. The SMILES string of the molecule is CC1CC1C(=O)c1ccc(F)c(F)c1. The van der Waals surface area contributed by atoms with E-state index in [1.54, 1.807) is 0 Å². The summed E-state index contributed by atoms with van der Waals surface area (Å²) in [6.45, 7) is 1.97. The van der Waals surface area contributed by atoms with Crippen LogP contribution in [0.1, 0.15) is 23.7 Å². The number of benzene rings is 1. The lowest BCUT2D eigenvalue weighted by Gasteiger charge is -1.99. The monoisotopic (exact) mass is 196 g/mol. The van der Waals surface area contributed by atoms with Crippen molar-refractivity contribution < 1.29 is 13.6 Å². The van der Waals surface area contributed by atoms with E-state index in [9.17, 15) is 13.6 Å². The average molecular weight is 196 g/mol. The van der Waals surface area contributed by atoms with E-state index in [1.165, 1.54) is 6.07 Å². The van der Waals surface area contributed by atoms with Crippen LogP contribution in [0.15, 0.2) is 18.2 Å². The molecular formula is C11H10F2O. The van der Waals surface area contributed by atoms with Gasteiger partial charge in [0, 0.05) is 11.5 Å². The second kappa shape index (κ2) is 3.15. The largest absolute Gasteiger partial charge is 0.294 e. The lowest BCUT2D eigenvalue weighted by Crippen LogP contribution is -2.03. The maximum Gasteiger partial charge on any atom is 0.166 e. The Kier molecular flexibility index (Phi) is 2.10. The minimum absolute atomic E-state index is 0.0138. The fourth-order valence-corrected chi connectivity index (χ4v) is 1.55. The van der Waals surface area contributed by atoms with E-state index in [0.717, 1.165) is 18.6 Å². The van der Waals surface area contributed by atoms with Crippen LogP contribution in [-0.2, 0) is 0 Å². The van der Waals surface area contributed by atoms with Gasteiger partial charge in [0.15, 0.2) is 17.4 Å². The molecule has 1 fully saturated rings. The predicted octanol–water partition coefficient (Wildman–Crippen LogP) is 2.80. The number of ketones is 1. The van der Waals surface area contributed by atoms with Crippen LogP contribution in [0, 0.1) is 23.5 Å². The first-order chi connectivity index (χ1) is 6.59. The first-order valence-electron chi connectivity index (χ1n) is 4.59. The summed E-state index contributed by atoms with van der Waals surface area (Å²) in [7, 11) is 0. The van der Waals surface area contributed by atoms with Gasteiger partial charge in [0.05, 0.1) is 0 Å². The van der Waals surface area contributed by atoms with E-state index in [0.29, 0.717) is 5.92 Å². The predicted molar refractivity (Wildman–Crippen MR) is 48.0 cm³/mol. The zero-order chi connectivity index (χ0) is 10.3. The normalized spacial score (nSPS) is 24.8. The van der Waals surface area contributed by atoms with Gasteiger partial charge >= 0.3 is 0 Å². The third-order valence-corrected chi connectivity index (χ3v) is 2.65. The maximum atomic E-state index is 12.8. The molecule has 1 nitrogen and oxygen atoms in total. The Bertz CT molecular complexity index is 387. The van der Waals surface area contributed by atoms with Crippen LogP contribution in [0.4, 0.5) is 8.78 Å². The molecule has 74 valence electrons. The first-order valence-corrected chi connectivity index (χ1v) is 4.59. The van der Waals surface area contributed by atoms with Gasteiger partial charge in [-0.3, -0.25) is 4.79 Å². The molecule has 1 aromatic carbocycles. The van der Waals surface area contributed by atoms with Gasteiger partial charge in [-0.25, -0.2) is 8.78 Å². The summed E-state index contributed by atoms with van der Waals surface area (Å²) in [5.74, 6) is -1.54. The lowest BCUT2D eigenvalue weighted by molar-refractivity contribution is 0.0962. The molecule has 2 atom stereocenters. The fraction of sp³-hybridized carbons (Fsp3) is 0.364. The molecule has 0 N–H and O–H groups in total. The Morgan fingerprint density at radius 2 is 2.00 bits per heavy atom. The molecule has 1 aliphatic rings. The summed E-state index contributed by atoms with van der Waals surface area (Å²) in [5, 5.41) is 0. The molecule has 0 radical (unpaired) electrons. The highest BCUT2D eigenvalue weighted by molar-refractivity contribution is 5.99. The van der Waals surface area contributed by atoms with Crippen LogP contribution in [0.3, 0.4) is 0 Å². The van der Waals surface area contributed by atoms with E-state index in [-0.39, 0.29) is 17.3 Å². The lowest BCUT2D eigenvalue weighted by atomic mass is 10.1. The molecular weight excluding hydrogens is 186 g/mol. The average Bonchev–Trinajstić information content (AvgIpc) is 2.86. The number of halogens is 2. The number of hydrogen-bond donors (Lipinski definition) is 0. The van der Waals surface area contributed by atoms with Crippen molar-refractivity contribution in [3.63, 3.8) is 0 Å². The van der Waals surface area contributed by atoms with Gasteiger partial charge in [0.1, 0.15) is 0 Å². The summed E-state index contributed by atoms with van der Waals surface area (Å²) in [6.07, 6.45) is 0.859. The van der Waals surface area contributed by atoms with Crippen LogP contribution in [-0.4, -0.2) is 5.78 Å². The van der Waals surface area contributed by atoms with E-state index >= 15 is 0 Å². The quantitative estimate of drug-likeness (QED) is 0.665. The Morgan fingerprint density at radius 1 is 1.36 bits per heavy atom. The van der Waals surface area contributed by atoms with Crippen molar-refractivity contribution in [3.8, 4) is 0 Å². The van der Waals surface area contributed by atoms with E-state index in [1.807, 2.05) is 6.92 Å². The van der Waals surface area contributed by atoms with Crippen molar-refractivity contribution in [2.24, 2.45) is 11.8 Å². The van der Waals surface area contributed by atoms with Crippen molar-refractivity contribution in [3.05, 3.63) is 35.4 Å². The van der Waals surface area contributed by atoms with Gasteiger partial charge in [-0.2, -0.15) is 0 Å². The molecule has 0 aliphatic heterocycles. The number of Topliss-reactive ketones (excluding diaryl/α,β-unsaturated/α-hetero) is 1. The Labute approximate surface area is 80.7 Å². The second-order valence-corrected chi connectivity index (χ2v) is 3.81. The molecule has 14 heavy (non-hydrogen) atoms.